The molecule has 1 heterocycles. The Bertz CT molecular complexity index is 256. The summed E-state index contributed by atoms with van der Waals surface area (Å²) in [5.41, 5.74) is -1.37. The van der Waals surface area contributed by atoms with Crippen molar-refractivity contribution in [3.8, 4) is 0 Å². The third kappa shape index (κ3) is 1.50. The van der Waals surface area contributed by atoms with Crippen molar-refractivity contribution < 1.29 is 19.1 Å². The minimum atomic E-state index is -1.37. The predicted octanol–water partition coefficient (Wildman–Crippen LogP) is 0.420. The monoisotopic (exact) mass is 189 g/mol. The van der Waals surface area contributed by atoms with Crippen molar-refractivity contribution in [2.24, 2.45) is 0 Å². The van der Waals surface area contributed by atoms with Gasteiger partial charge in [0, 0.05) is 13.3 Å². The lowest BCUT2D eigenvalue weighted by molar-refractivity contribution is -0.154. The Morgan fingerprint density at radius 2 is 2.15 bits per heavy atom. The first-order chi connectivity index (χ1) is 5.88. The fraction of sp³-hybridized carbons (Fsp3) is 0.750. The van der Waals surface area contributed by atoms with Crippen LogP contribution in [0.3, 0.4) is 0 Å². The number of hydrogen-bond acceptors (Lipinski definition) is 2. The fourth-order valence-corrected chi connectivity index (χ4v) is 1.68. The van der Waals surface area contributed by atoms with Gasteiger partial charge >= 0.3 is 5.97 Å². The Hall–Kier alpha value is -1.13. The van der Waals surface area contributed by atoms with E-state index in [0.29, 0.717) is 0 Å². The number of nitrogens with zero attached hydrogens (tertiary/aromatic N) is 1. The number of hydrogen-bond donors (Lipinski definition) is 1. The first kappa shape index (κ1) is 9.95. The summed E-state index contributed by atoms with van der Waals surface area (Å²) in [5, 5.41) is 8.85. The number of amides is 1. The van der Waals surface area contributed by atoms with Crippen LogP contribution in [-0.4, -0.2) is 40.1 Å². The van der Waals surface area contributed by atoms with E-state index in [0.717, 1.165) is 4.90 Å². The lowest BCUT2D eigenvalue weighted by Gasteiger charge is -2.29. The summed E-state index contributed by atoms with van der Waals surface area (Å²) in [6, 6.07) is 0. The molecule has 0 aromatic rings. The van der Waals surface area contributed by atoms with Crippen LogP contribution in [0.2, 0.25) is 0 Å². The minimum Gasteiger partial charge on any atom is -0.480 e. The topological polar surface area (TPSA) is 57.6 Å². The summed E-state index contributed by atoms with van der Waals surface area (Å²) in [5.74, 6) is -1.55. The number of alkyl halides is 1. The number of halogens is 1. The molecule has 1 N–H and O–H groups in total. The maximum Gasteiger partial charge on any atom is 0.329 e. The van der Waals surface area contributed by atoms with Crippen molar-refractivity contribution in [1.82, 2.24) is 4.90 Å². The molecule has 0 aromatic carbocycles. The Kier molecular flexibility index (Phi) is 2.28. The summed E-state index contributed by atoms with van der Waals surface area (Å²) in [4.78, 5) is 22.9. The minimum absolute atomic E-state index is 0.113. The molecule has 13 heavy (non-hydrogen) atoms. The van der Waals surface area contributed by atoms with E-state index in [1.165, 1.54) is 13.8 Å². The number of carbonyl (C=O) groups excluding carboxylic acids is 1. The van der Waals surface area contributed by atoms with Crippen molar-refractivity contribution in [3.05, 3.63) is 0 Å². The molecule has 74 valence electrons. The lowest BCUT2D eigenvalue weighted by Crippen LogP contribution is -2.49. The Morgan fingerprint density at radius 1 is 1.62 bits per heavy atom. The summed E-state index contributed by atoms with van der Waals surface area (Å²) in [6.07, 6.45) is -1.35. The quantitative estimate of drug-likeness (QED) is 0.650. The maximum atomic E-state index is 12.9. The number of likely N-dealkylation sites (tertiary alicyclic amines) is 1. The van der Waals surface area contributed by atoms with Crippen LogP contribution in [-0.2, 0) is 9.59 Å². The molecule has 0 aliphatic carbocycles. The van der Waals surface area contributed by atoms with Crippen LogP contribution in [0, 0.1) is 0 Å². The third-order valence-corrected chi connectivity index (χ3v) is 2.44. The highest BCUT2D eigenvalue weighted by Crippen LogP contribution is 2.31. The van der Waals surface area contributed by atoms with E-state index in [-0.39, 0.29) is 13.0 Å². The Balaban J connectivity index is 2.95. The second kappa shape index (κ2) is 2.97. The molecule has 0 spiro atoms. The molecule has 1 amide bonds. The standard InChI is InChI=1S/C8H12FNO3/c1-5(11)10-4-6(9)3-8(10,2)7(12)13/h6H,3-4H2,1-2H3,(H,12,13)/t6-,8-/m0/s1. The summed E-state index contributed by atoms with van der Waals surface area (Å²) < 4.78 is 12.9. The van der Waals surface area contributed by atoms with Crippen molar-refractivity contribution >= 4 is 11.9 Å². The van der Waals surface area contributed by atoms with E-state index >= 15 is 0 Å². The number of aliphatic carboxylic acids is 1. The van der Waals surface area contributed by atoms with E-state index in [4.69, 9.17) is 5.11 Å². The van der Waals surface area contributed by atoms with Gasteiger partial charge in [-0.1, -0.05) is 0 Å². The second-order valence-corrected chi connectivity index (χ2v) is 3.51. The Labute approximate surface area is 75.3 Å². The van der Waals surface area contributed by atoms with Crippen LogP contribution in [0.4, 0.5) is 4.39 Å². The van der Waals surface area contributed by atoms with Crippen LogP contribution in [0.5, 0.6) is 0 Å². The molecular formula is C8H12FNO3. The normalized spacial score (nSPS) is 33.5. The van der Waals surface area contributed by atoms with Crippen LogP contribution in [0.25, 0.3) is 0 Å². The molecule has 5 heteroatoms. The smallest absolute Gasteiger partial charge is 0.329 e. The van der Waals surface area contributed by atoms with Crippen LogP contribution in [0.15, 0.2) is 0 Å². The highest BCUT2D eigenvalue weighted by Gasteiger charge is 2.49. The van der Waals surface area contributed by atoms with Gasteiger partial charge in [-0.2, -0.15) is 0 Å². The van der Waals surface area contributed by atoms with Gasteiger partial charge in [-0.15, -0.1) is 0 Å². The van der Waals surface area contributed by atoms with E-state index in [1.807, 2.05) is 0 Å². The molecule has 2 atom stereocenters. The number of rotatable bonds is 1. The first-order valence-electron chi connectivity index (χ1n) is 4.03. The van der Waals surface area contributed by atoms with Gasteiger partial charge in [-0.25, -0.2) is 9.18 Å². The molecular weight excluding hydrogens is 177 g/mol. The highest BCUT2D eigenvalue weighted by atomic mass is 19.1. The fourth-order valence-electron chi connectivity index (χ4n) is 1.68. The number of carbonyl (C=O) groups is 2. The zero-order valence-corrected chi connectivity index (χ0v) is 7.58. The summed E-state index contributed by atoms with van der Waals surface area (Å²) in [7, 11) is 0. The molecule has 1 fully saturated rings. The Morgan fingerprint density at radius 3 is 2.46 bits per heavy atom. The van der Waals surface area contributed by atoms with E-state index in [9.17, 15) is 14.0 Å². The zero-order valence-electron chi connectivity index (χ0n) is 7.58. The SMILES string of the molecule is CC(=O)N1C[C@@H](F)C[C@@]1(C)C(=O)O. The van der Waals surface area contributed by atoms with Gasteiger partial charge in [0.2, 0.25) is 5.91 Å². The molecule has 0 saturated carbocycles. The predicted molar refractivity (Wildman–Crippen MR) is 42.9 cm³/mol. The molecule has 0 unspecified atom stereocenters. The zero-order chi connectivity index (χ0) is 10.2. The first-order valence-corrected chi connectivity index (χ1v) is 4.03. The van der Waals surface area contributed by atoms with Crippen LogP contribution in [0.1, 0.15) is 20.3 Å². The van der Waals surface area contributed by atoms with Crippen molar-refractivity contribution in [1.29, 1.82) is 0 Å². The van der Waals surface area contributed by atoms with Gasteiger partial charge in [0.15, 0.2) is 0 Å². The molecule has 4 nitrogen and oxygen atoms in total. The number of carboxylic acids is 1. The summed E-state index contributed by atoms with van der Waals surface area (Å²) in [6.45, 7) is 2.51. The van der Waals surface area contributed by atoms with E-state index < -0.39 is 23.6 Å². The molecule has 0 radical (unpaired) electrons. The van der Waals surface area contributed by atoms with Gasteiger partial charge in [-0.3, -0.25) is 4.79 Å². The highest BCUT2D eigenvalue weighted by molar-refractivity contribution is 5.86. The average molecular weight is 189 g/mol. The molecule has 0 bridgehead atoms. The molecule has 1 aliphatic heterocycles. The summed E-state index contributed by atoms with van der Waals surface area (Å²) >= 11 is 0. The molecule has 1 saturated heterocycles. The van der Waals surface area contributed by atoms with Gasteiger partial charge < -0.3 is 10.0 Å². The molecule has 0 aromatic heterocycles. The van der Waals surface area contributed by atoms with Gasteiger partial charge in [0.05, 0.1) is 6.54 Å². The van der Waals surface area contributed by atoms with Crippen LogP contribution < -0.4 is 0 Å². The van der Waals surface area contributed by atoms with Crippen molar-refractivity contribution in [2.45, 2.75) is 32.0 Å². The lowest BCUT2D eigenvalue weighted by atomic mass is 9.99. The van der Waals surface area contributed by atoms with Gasteiger partial charge in [0.1, 0.15) is 11.7 Å². The second-order valence-electron chi connectivity index (χ2n) is 3.51. The maximum absolute atomic E-state index is 12.9. The number of carboxylic acid groups (broad SMARTS) is 1. The van der Waals surface area contributed by atoms with Gasteiger partial charge in [-0.05, 0) is 6.92 Å². The van der Waals surface area contributed by atoms with Crippen LogP contribution >= 0.6 is 0 Å². The molecule has 1 aliphatic rings. The third-order valence-electron chi connectivity index (χ3n) is 2.44. The molecule has 1 rings (SSSR count). The largest absolute Gasteiger partial charge is 0.480 e. The van der Waals surface area contributed by atoms with E-state index in [2.05, 4.69) is 0 Å². The van der Waals surface area contributed by atoms with Gasteiger partial charge in [0.25, 0.3) is 0 Å². The van der Waals surface area contributed by atoms with Crippen molar-refractivity contribution in [3.63, 3.8) is 0 Å². The van der Waals surface area contributed by atoms with E-state index in [1.54, 1.807) is 0 Å². The van der Waals surface area contributed by atoms with Crippen molar-refractivity contribution in [2.75, 3.05) is 6.54 Å². The average Bonchev–Trinajstić information content (AvgIpc) is 2.27.